The molecule has 1 amide bonds. The summed E-state index contributed by atoms with van der Waals surface area (Å²) in [5, 5.41) is 9.63. The van der Waals surface area contributed by atoms with Crippen molar-refractivity contribution in [1.82, 2.24) is 20.4 Å². The van der Waals surface area contributed by atoms with Crippen molar-refractivity contribution in [2.24, 2.45) is 7.05 Å². The topological polar surface area (TPSA) is 59.0 Å². The molecule has 0 spiro atoms. The first-order valence-corrected chi connectivity index (χ1v) is 6.88. The Morgan fingerprint density at radius 2 is 2.13 bits per heavy atom. The Morgan fingerprint density at radius 3 is 2.74 bits per heavy atom. The molecule has 0 radical (unpaired) electrons. The minimum atomic E-state index is -0.536. The molecule has 23 heavy (non-hydrogen) atoms. The van der Waals surface area contributed by atoms with Gasteiger partial charge in [-0.2, -0.15) is 5.10 Å². The van der Waals surface area contributed by atoms with Gasteiger partial charge in [0.25, 0.3) is 0 Å². The van der Waals surface area contributed by atoms with Crippen LogP contribution in [-0.2, 0) is 18.3 Å². The van der Waals surface area contributed by atoms with Gasteiger partial charge >= 0.3 is 0 Å². The normalized spacial score (nSPS) is 11.7. The van der Waals surface area contributed by atoms with Gasteiger partial charge in [-0.15, -0.1) is 12.4 Å². The van der Waals surface area contributed by atoms with Crippen LogP contribution in [0.3, 0.4) is 0 Å². The number of carbonyl (C=O) groups excluding carboxylic acids is 1. The van der Waals surface area contributed by atoms with E-state index in [0.717, 1.165) is 23.8 Å². The highest BCUT2D eigenvalue weighted by atomic mass is 35.5. The number of amides is 1. The van der Waals surface area contributed by atoms with Gasteiger partial charge in [-0.05, 0) is 37.2 Å². The summed E-state index contributed by atoms with van der Waals surface area (Å²) in [5.74, 6) is -1.22. The SMILES string of the molecule is CNC(C(=O)NCCc1cc(F)ccc1F)c1cnn(C)c1.Cl. The largest absolute Gasteiger partial charge is 0.354 e. The third-order valence-corrected chi connectivity index (χ3v) is 3.31. The highest BCUT2D eigenvalue weighted by Crippen LogP contribution is 2.12. The number of halogens is 3. The van der Waals surface area contributed by atoms with E-state index in [9.17, 15) is 13.6 Å². The Labute approximate surface area is 139 Å². The maximum Gasteiger partial charge on any atom is 0.241 e. The number of aryl methyl sites for hydroxylation is 1. The highest BCUT2D eigenvalue weighted by molar-refractivity contribution is 5.85. The molecule has 0 aliphatic heterocycles. The fourth-order valence-electron chi connectivity index (χ4n) is 2.20. The first-order chi connectivity index (χ1) is 10.5. The van der Waals surface area contributed by atoms with Crippen molar-refractivity contribution >= 4 is 18.3 Å². The Kier molecular flexibility index (Phi) is 7.12. The number of benzene rings is 1. The first-order valence-electron chi connectivity index (χ1n) is 6.88. The van der Waals surface area contributed by atoms with Crippen LogP contribution >= 0.6 is 12.4 Å². The lowest BCUT2D eigenvalue weighted by molar-refractivity contribution is -0.123. The molecule has 2 aromatic rings. The quantitative estimate of drug-likeness (QED) is 0.839. The van der Waals surface area contributed by atoms with Crippen LogP contribution in [0.5, 0.6) is 0 Å². The molecule has 2 N–H and O–H groups in total. The molecule has 1 heterocycles. The van der Waals surface area contributed by atoms with Gasteiger partial charge in [0.15, 0.2) is 0 Å². The molecule has 0 saturated carbocycles. The van der Waals surface area contributed by atoms with E-state index in [-0.39, 0.29) is 36.8 Å². The zero-order valence-corrected chi connectivity index (χ0v) is 13.7. The van der Waals surface area contributed by atoms with Crippen molar-refractivity contribution in [2.45, 2.75) is 12.5 Å². The van der Waals surface area contributed by atoms with Crippen LogP contribution in [-0.4, -0.2) is 29.3 Å². The van der Waals surface area contributed by atoms with Crippen molar-refractivity contribution < 1.29 is 13.6 Å². The van der Waals surface area contributed by atoms with Crippen LogP contribution in [0.1, 0.15) is 17.2 Å². The summed E-state index contributed by atoms with van der Waals surface area (Å²) in [5.41, 5.74) is 0.974. The second kappa shape index (κ2) is 8.59. The van der Waals surface area contributed by atoms with Crippen LogP contribution < -0.4 is 10.6 Å². The third-order valence-electron chi connectivity index (χ3n) is 3.31. The first kappa shape index (κ1) is 19.1. The summed E-state index contributed by atoms with van der Waals surface area (Å²) < 4.78 is 28.2. The zero-order valence-electron chi connectivity index (χ0n) is 12.8. The lowest BCUT2D eigenvalue weighted by atomic mass is 10.1. The standard InChI is InChI=1S/C15H18F2N4O.ClH/c1-18-14(11-8-20-21(2)9-11)15(22)19-6-5-10-7-12(16)3-4-13(10)17;/h3-4,7-9,14,18H,5-6H2,1-2H3,(H,19,22);1H. The van der Waals surface area contributed by atoms with Gasteiger partial charge in [-0.3, -0.25) is 9.48 Å². The number of nitrogens with one attached hydrogen (secondary N) is 2. The molecule has 0 aliphatic carbocycles. The van der Waals surface area contributed by atoms with E-state index in [2.05, 4.69) is 15.7 Å². The summed E-state index contributed by atoms with van der Waals surface area (Å²) in [6, 6.07) is 2.75. The molecule has 2 rings (SSSR count). The molecule has 0 fully saturated rings. The minimum Gasteiger partial charge on any atom is -0.354 e. The molecular formula is C15H19ClF2N4O. The Balaban J connectivity index is 0.00000264. The number of nitrogens with zero attached hydrogens (tertiary/aromatic N) is 2. The van der Waals surface area contributed by atoms with E-state index in [4.69, 9.17) is 0 Å². The molecule has 126 valence electrons. The minimum absolute atomic E-state index is 0. The van der Waals surface area contributed by atoms with E-state index in [0.29, 0.717) is 0 Å². The van der Waals surface area contributed by atoms with E-state index < -0.39 is 17.7 Å². The maximum atomic E-state index is 13.5. The van der Waals surface area contributed by atoms with Gasteiger partial charge in [-0.1, -0.05) is 0 Å². The maximum absolute atomic E-state index is 13.5. The molecule has 0 bridgehead atoms. The molecule has 0 saturated heterocycles. The monoisotopic (exact) mass is 344 g/mol. The predicted molar refractivity (Wildman–Crippen MR) is 85.3 cm³/mol. The Bertz CT molecular complexity index is 663. The fourth-order valence-corrected chi connectivity index (χ4v) is 2.20. The molecule has 1 aromatic heterocycles. The van der Waals surface area contributed by atoms with Crippen LogP contribution in [0.2, 0.25) is 0 Å². The predicted octanol–water partition coefficient (Wildman–Crippen LogP) is 1.74. The summed E-state index contributed by atoms with van der Waals surface area (Å²) in [6.45, 7) is 0.220. The molecule has 1 aromatic carbocycles. The Hall–Kier alpha value is -1.99. The third kappa shape index (κ3) is 5.01. The lowest BCUT2D eigenvalue weighted by Crippen LogP contribution is -2.36. The summed E-state index contributed by atoms with van der Waals surface area (Å²) in [6.07, 6.45) is 3.57. The van der Waals surface area contributed by atoms with E-state index in [1.54, 1.807) is 31.2 Å². The van der Waals surface area contributed by atoms with Crippen LogP contribution in [0.15, 0.2) is 30.6 Å². The average molecular weight is 345 g/mol. The van der Waals surface area contributed by atoms with Crippen molar-refractivity contribution in [3.8, 4) is 0 Å². The molecule has 5 nitrogen and oxygen atoms in total. The van der Waals surface area contributed by atoms with Gasteiger partial charge in [0.2, 0.25) is 5.91 Å². The summed E-state index contributed by atoms with van der Waals surface area (Å²) in [7, 11) is 3.43. The Morgan fingerprint density at radius 1 is 1.39 bits per heavy atom. The van der Waals surface area contributed by atoms with E-state index >= 15 is 0 Å². The number of rotatable bonds is 6. The number of hydrogen-bond donors (Lipinski definition) is 2. The van der Waals surface area contributed by atoms with Crippen molar-refractivity contribution in [2.75, 3.05) is 13.6 Å². The summed E-state index contributed by atoms with van der Waals surface area (Å²) in [4.78, 5) is 12.1. The van der Waals surface area contributed by atoms with Gasteiger partial charge in [-0.25, -0.2) is 8.78 Å². The van der Waals surface area contributed by atoms with Gasteiger partial charge < -0.3 is 10.6 Å². The van der Waals surface area contributed by atoms with Gasteiger partial charge in [0.1, 0.15) is 17.7 Å². The smallest absolute Gasteiger partial charge is 0.241 e. The van der Waals surface area contributed by atoms with Gasteiger partial charge in [0, 0.05) is 25.4 Å². The number of likely N-dealkylation sites (N-methyl/N-ethyl adjacent to an activating group) is 1. The average Bonchev–Trinajstić information content (AvgIpc) is 2.90. The molecular weight excluding hydrogens is 326 g/mol. The molecule has 8 heteroatoms. The number of aromatic nitrogens is 2. The molecule has 0 aliphatic rings. The molecule has 1 unspecified atom stereocenters. The second-order valence-electron chi connectivity index (χ2n) is 4.95. The highest BCUT2D eigenvalue weighted by Gasteiger charge is 2.19. The second-order valence-corrected chi connectivity index (χ2v) is 4.95. The van der Waals surface area contributed by atoms with E-state index in [1.165, 1.54) is 0 Å². The molecule has 1 atom stereocenters. The van der Waals surface area contributed by atoms with Crippen LogP contribution in [0.4, 0.5) is 8.78 Å². The summed E-state index contributed by atoms with van der Waals surface area (Å²) >= 11 is 0. The van der Waals surface area contributed by atoms with E-state index in [1.807, 2.05) is 0 Å². The lowest BCUT2D eigenvalue weighted by Gasteiger charge is -2.14. The van der Waals surface area contributed by atoms with Crippen molar-refractivity contribution in [1.29, 1.82) is 0 Å². The fraction of sp³-hybridized carbons (Fsp3) is 0.333. The zero-order chi connectivity index (χ0) is 16.1. The van der Waals surface area contributed by atoms with Crippen molar-refractivity contribution in [3.63, 3.8) is 0 Å². The van der Waals surface area contributed by atoms with Crippen LogP contribution in [0.25, 0.3) is 0 Å². The van der Waals surface area contributed by atoms with Gasteiger partial charge in [0.05, 0.1) is 6.20 Å². The van der Waals surface area contributed by atoms with Crippen LogP contribution in [0, 0.1) is 11.6 Å². The van der Waals surface area contributed by atoms with Crippen molar-refractivity contribution in [3.05, 3.63) is 53.4 Å². The number of hydrogen-bond acceptors (Lipinski definition) is 3. The number of carbonyl (C=O) groups is 1.